The molecular weight excluding hydrogens is 372 g/mol. The number of aliphatic hydroxyl groups is 1. The Kier molecular flexibility index (Phi) is 5.52. The third-order valence-corrected chi connectivity index (χ3v) is 6.99. The first-order valence-electron chi connectivity index (χ1n) is 10.4. The highest BCUT2D eigenvalue weighted by Crippen LogP contribution is 2.39. The Morgan fingerprint density at radius 2 is 1.57 bits per heavy atom. The normalized spacial score (nSPS) is 21.4. The summed E-state index contributed by atoms with van der Waals surface area (Å²) in [6.07, 6.45) is 11.7. The Morgan fingerprint density at radius 1 is 0.964 bits per heavy atom. The molecule has 0 radical (unpaired) electrons. The van der Waals surface area contributed by atoms with Crippen molar-refractivity contribution in [3.63, 3.8) is 0 Å². The van der Waals surface area contributed by atoms with Crippen LogP contribution < -0.4 is 0 Å². The van der Waals surface area contributed by atoms with Crippen molar-refractivity contribution < 1.29 is 9.90 Å². The molecule has 0 unspecified atom stereocenters. The van der Waals surface area contributed by atoms with E-state index >= 15 is 0 Å². The Bertz CT molecular complexity index is 787. The van der Waals surface area contributed by atoms with E-state index in [-0.39, 0.29) is 11.4 Å². The Morgan fingerprint density at radius 3 is 2.18 bits per heavy atom. The summed E-state index contributed by atoms with van der Waals surface area (Å²) in [4.78, 5) is 15.1. The zero-order chi connectivity index (χ0) is 19.6. The van der Waals surface area contributed by atoms with Crippen LogP contribution in [0.2, 0.25) is 5.02 Å². The van der Waals surface area contributed by atoms with Crippen LogP contribution in [0.3, 0.4) is 0 Å². The monoisotopic (exact) mass is 400 g/mol. The van der Waals surface area contributed by atoms with Crippen molar-refractivity contribution in [1.82, 2.24) is 9.47 Å². The number of hydrogen-bond donors (Lipinski definition) is 1. The number of carbonyl (C=O) groups excluding carboxylic acids is 1. The molecule has 1 N–H and O–H groups in total. The van der Waals surface area contributed by atoms with E-state index in [4.69, 9.17) is 11.6 Å². The minimum absolute atomic E-state index is 0.0806. The summed E-state index contributed by atoms with van der Waals surface area (Å²) in [5.41, 5.74) is -0.0623. The molecule has 4 rings (SSSR count). The Balaban J connectivity index is 1.43. The number of likely N-dealkylation sites (tertiary alicyclic amines) is 1. The molecule has 1 aliphatic heterocycles. The predicted molar refractivity (Wildman–Crippen MR) is 111 cm³/mol. The smallest absolute Gasteiger partial charge is 0.224 e. The quantitative estimate of drug-likeness (QED) is 0.808. The molecule has 0 atom stereocenters. The molecule has 1 aromatic carbocycles. The fourth-order valence-corrected chi connectivity index (χ4v) is 5.08. The number of benzene rings is 1. The highest BCUT2D eigenvalue weighted by molar-refractivity contribution is 6.30. The van der Waals surface area contributed by atoms with Gasteiger partial charge in [-0.05, 0) is 55.5 Å². The van der Waals surface area contributed by atoms with Crippen molar-refractivity contribution in [2.75, 3.05) is 13.1 Å². The van der Waals surface area contributed by atoms with Gasteiger partial charge in [0.05, 0.1) is 17.6 Å². The minimum Gasteiger partial charge on any atom is -0.385 e. The largest absolute Gasteiger partial charge is 0.385 e. The number of hydrogen-bond acceptors (Lipinski definition) is 2. The van der Waals surface area contributed by atoms with Gasteiger partial charge in [0.15, 0.2) is 0 Å². The van der Waals surface area contributed by atoms with Crippen LogP contribution in [0.15, 0.2) is 48.8 Å². The van der Waals surface area contributed by atoms with Gasteiger partial charge in [-0.1, -0.05) is 43.0 Å². The van der Waals surface area contributed by atoms with Crippen LogP contribution >= 0.6 is 11.6 Å². The lowest BCUT2D eigenvalue weighted by Gasteiger charge is -2.42. The van der Waals surface area contributed by atoms with Crippen LogP contribution in [0.5, 0.6) is 0 Å². The highest BCUT2D eigenvalue weighted by atomic mass is 35.5. The summed E-state index contributed by atoms with van der Waals surface area (Å²) < 4.78 is 2.26. The van der Waals surface area contributed by atoms with E-state index in [1.54, 1.807) is 0 Å². The van der Waals surface area contributed by atoms with Crippen molar-refractivity contribution in [3.05, 3.63) is 59.4 Å². The van der Waals surface area contributed by atoms with Gasteiger partial charge in [0.1, 0.15) is 0 Å². The number of nitrogens with zero attached hydrogens (tertiary/aromatic N) is 2. The molecule has 5 heteroatoms. The van der Waals surface area contributed by atoms with Gasteiger partial charge in [0.2, 0.25) is 5.91 Å². The predicted octanol–water partition coefficient (Wildman–Crippen LogP) is 4.70. The van der Waals surface area contributed by atoms with Crippen LogP contribution in [0, 0.1) is 0 Å². The zero-order valence-corrected chi connectivity index (χ0v) is 17.1. The summed E-state index contributed by atoms with van der Waals surface area (Å²) in [6, 6.07) is 11.5. The zero-order valence-electron chi connectivity index (χ0n) is 16.3. The molecule has 28 heavy (non-hydrogen) atoms. The second kappa shape index (κ2) is 7.92. The van der Waals surface area contributed by atoms with E-state index < -0.39 is 5.60 Å². The van der Waals surface area contributed by atoms with Gasteiger partial charge in [-0.15, -0.1) is 0 Å². The molecule has 2 fully saturated rings. The molecule has 2 aromatic rings. The number of amides is 1. The summed E-state index contributed by atoms with van der Waals surface area (Å²) in [5.74, 6) is 0.216. The van der Waals surface area contributed by atoms with Gasteiger partial charge in [-0.3, -0.25) is 4.79 Å². The van der Waals surface area contributed by atoms with E-state index in [1.165, 1.54) is 19.3 Å². The molecule has 1 saturated heterocycles. The molecule has 4 nitrogen and oxygen atoms in total. The van der Waals surface area contributed by atoms with Crippen molar-refractivity contribution >= 4 is 17.5 Å². The number of piperidine rings is 1. The van der Waals surface area contributed by atoms with Gasteiger partial charge in [-0.25, -0.2) is 0 Å². The van der Waals surface area contributed by atoms with Crippen molar-refractivity contribution in [1.29, 1.82) is 0 Å². The second-order valence-electron chi connectivity index (χ2n) is 8.47. The number of aromatic nitrogens is 1. The topological polar surface area (TPSA) is 45.5 Å². The average Bonchev–Trinajstić information content (AvgIpc) is 3.25. The summed E-state index contributed by atoms with van der Waals surface area (Å²) in [6.45, 7) is 1.19. The number of rotatable bonds is 4. The number of halogens is 1. The SMILES string of the molecule is O=C(CC1(n2cccc2)CCCCC1)N1CCC(O)(c2ccc(Cl)cc2)CC1. The van der Waals surface area contributed by atoms with Gasteiger partial charge in [0.25, 0.3) is 0 Å². The molecule has 0 spiro atoms. The van der Waals surface area contributed by atoms with Gasteiger partial charge in [-0.2, -0.15) is 0 Å². The highest BCUT2D eigenvalue weighted by Gasteiger charge is 2.40. The summed E-state index contributed by atoms with van der Waals surface area (Å²) in [5, 5.41) is 11.7. The molecule has 2 heterocycles. The van der Waals surface area contributed by atoms with E-state index in [0.29, 0.717) is 37.4 Å². The third kappa shape index (κ3) is 3.85. The summed E-state index contributed by atoms with van der Waals surface area (Å²) >= 11 is 5.97. The molecule has 150 valence electrons. The fraction of sp³-hybridized carbons (Fsp3) is 0.522. The maximum atomic E-state index is 13.2. The minimum atomic E-state index is -0.871. The Hall–Kier alpha value is -1.78. The van der Waals surface area contributed by atoms with Crippen LogP contribution in [0.25, 0.3) is 0 Å². The third-order valence-electron chi connectivity index (χ3n) is 6.74. The van der Waals surface area contributed by atoms with E-state index in [1.807, 2.05) is 41.3 Å². The maximum absolute atomic E-state index is 13.2. The molecular formula is C23H29ClN2O2. The van der Waals surface area contributed by atoms with E-state index in [2.05, 4.69) is 17.0 Å². The lowest BCUT2D eigenvalue weighted by atomic mass is 9.78. The first-order chi connectivity index (χ1) is 13.5. The first kappa shape index (κ1) is 19.5. The summed E-state index contributed by atoms with van der Waals surface area (Å²) in [7, 11) is 0. The molecule has 1 saturated carbocycles. The molecule has 2 aliphatic rings. The number of carbonyl (C=O) groups is 1. The second-order valence-corrected chi connectivity index (χ2v) is 8.91. The van der Waals surface area contributed by atoms with Crippen molar-refractivity contribution in [3.8, 4) is 0 Å². The van der Waals surface area contributed by atoms with Gasteiger partial charge >= 0.3 is 0 Å². The van der Waals surface area contributed by atoms with Crippen LogP contribution in [0.1, 0.15) is 56.9 Å². The standard InChI is InChI=1S/C23H29ClN2O2/c24-20-8-6-19(7-9-20)23(28)12-16-25(17-13-23)21(27)18-22(10-2-1-3-11-22)26-14-4-5-15-26/h4-9,14-15,28H,1-3,10-13,16-18H2. The maximum Gasteiger partial charge on any atom is 0.224 e. The van der Waals surface area contributed by atoms with Gasteiger partial charge < -0.3 is 14.6 Å². The molecule has 1 aromatic heterocycles. The van der Waals surface area contributed by atoms with E-state index in [9.17, 15) is 9.90 Å². The van der Waals surface area contributed by atoms with Crippen LogP contribution in [-0.2, 0) is 15.9 Å². The first-order valence-corrected chi connectivity index (χ1v) is 10.8. The lowest BCUT2D eigenvalue weighted by Crippen LogP contribution is -2.48. The lowest BCUT2D eigenvalue weighted by molar-refractivity contribution is -0.138. The fourth-order valence-electron chi connectivity index (χ4n) is 4.96. The average molecular weight is 401 g/mol. The van der Waals surface area contributed by atoms with Crippen molar-refractivity contribution in [2.24, 2.45) is 0 Å². The molecule has 1 aliphatic carbocycles. The molecule has 0 bridgehead atoms. The Labute approximate surface area is 172 Å². The van der Waals surface area contributed by atoms with Crippen LogP contribution in [-0.4, -0.2) is 33.6 Å². The van der Waals surface area contributed by atoms with E-state index in [0.717, 1.165) is 18.4 Å². The molecule has 1 amide bonds. The van der Waals surface area contributed by atoms with Gasteiger partial charge in [0, 0.05) is 30.5 Å². The van der Waals surface area contributed by atoms with Crippen LogP contribution in [0.4, 0.5) is 0 Å². The van der Waals surface area contributed by atoms with Crippen molar-refractivity contribution in [2.45, 2.75) is 62.5 Å².